The Labute approximate surface area is 122 Å². The van der Waals surface area contributed by atoms with E-state index in [2.05, 4.69) is 5.10 Å². The van der Waals surface area contributed by atoms with Gasteiger partial charge in [-0.3, -0.25) is 4.68 Å². The second-order valence-corrected chi connectivity index (χ2v) is 5.19. The lowest BCUT2D eigenvalue weighted by Gasteiger charge is -2.19. The highest BCUT2D eigenvalue weighted by molar-refractivity contribution is 6.31. The van der Waals surface area contributed by atoms with Crippen molar-refractivity contribution >= 4 is 17.3 Å². The van der Waals surface area contributed by atoms with Crippen molar-refractivity contribution in [3.8, 4) is 5.75 Å². The molecule has 20 heavy (non-hydrogen) atoms. The summed E-state index contributed by atoms with van der Waals surface area (Å²) >= 11 is 6.14. The van der Waals surface area contributed by atoms with E-state index in [9.17, 15) is 5.11 Å². The van der Waals surface area contributed by atoms with Crippen LogP contribution in [0.4, 0.5) is 5.69 Å². The number of methoxy groups -OCH3 is 1. The molecule has 0 aliphatic carbocycles. The normalized spacial score (nSPS) is 12.7. The maximum absolute atomic E-state index is 10.6. The molecule has 1 unspecified atom stereocenters. The first-order valence-electron chi connectivity index (χ1n) is 6.30. The summed E-state index contributed by atoms with van der Waals surface area (Å²) in [5.74, 6) is 0.522. The summed E-state index contributed by atoms with van der Waals surface area (Å²) in [5, 5.41) is 15.2. The van der Waals surface area contributed by atoms with Gasteiger partial charge in [-0.25, -0.2) is 0 Å². The fraction of sp³-hybridized carbons (Fsp3) is 0.357. The van der Waals surface area contributed by atoms with Gasteiger partial charge in [-0.1, -0.05) is 23.7 Å². The van der Waals surface area contributed by atoms with Crippen LogP contribution >= 0.6 is 11.6 Å². The fourth-order valence-corrected chi connectivity index (χ4v) is 2.38. The molecule has 0 saturated heterocycles. The number of hydrogen-bond donors (Lipinski definition) is 2. The first kappa shape index (κ1) is 14.7. The topological polar surface area (TPSA) is 73.3 Å². The van der Waals surface area contributed by atoms with Crippen LogP contribution in [-0.4, -0.2) is 22.0 Å². The average molecular weight is 296 g/mol. The van der Waals surface area contributed by atoms with Crippen LogP contribution in [0.5, 0.6) is 5.75 Å². The van der Waals surface area contributed by atoms with E-state index in [1.54, 1.807) is 22.9 Å². The first-order valence-corrected chi connectivity index (χ1v) is 6.68. The number of rotatable bonds is 4. The molecule has 1 heterocycles. The zero-order chi connectivity index (χ0) is 14.9. The van der Waals surface area contributed by atoms with E-state index in [-0.39, 0.29) is 6.04 Å². The van der Waals surface area contributed by atoms with Gasteiger partial charge in [0.15, 0.2) is 0 Å². The minimum atomic E-state index is -0.956. The van der Waals surface area contributed by atoms with Crippen LogP contribution in [-0.2, 0) is 0 Å². The number of nitrogen functional groups attached to an aromatic ring is 1. The van der Waals surface area contributed by atoms with Crippen LogP contribution in [0.2, 0.25) is 5.02 Å². The molecule has 0 spiro atoms. The van der Waals surface area contributed by atoms with Crippen molar-refractivity contribution in [2.45, 2.75) is 26.0 Å². The van der Waals surface area contributed by atoms with E-state index in [0.717, 1.165) is 0 Å². The molecular formula is C14H18ClN3O2. The lowest BCUT2D eigenvalue weighted by molar-refractivity contribution is 0.205. The van der Waals surface area contributed by atoms with Crippen molar-refractivity contribution in [2.75, 3.05) is 12.8 Å². The number of halogens is 1. The van der Waals surface area contributed by atoms with Gasteiger partial charge in [-0.15, -0.1) is 0 Å². The third-order valence-electron chi connectivity index (χ3n) is 3.15. The molecule has 108 valence electrons. The van der Waals surface area contributed by atoms with Gasteiger partial charge in [0, 0.05) is 11.6 Å². The second-order valence-electron chi connectivity index (χ2n) is 4.78. The van der Waals surface area contributed by atoms with E-state index in [0.29, 0.717) is 27.7 Å². The van der Waals surface area contributed by atoms with Gasteiger partial charge >= 0.3 is 0 Å². The van der Waals surface area contributed by atoms with Crippen molar-refractivity contribution < 1.29 is 9.84 Å². The number of aromatic nitrogens is 2. The Morgan fingerprint density at radius 3 is 2.70 bits per heavy atom. The van der Waals surface area contributed by atoms with Crippen LogP contribution < -0.4 is 10.5 Å². The number of aliphatic hydroxyl groups is 1. The molecule has 1 aromatic heterocycles. The van der Waals surface area contributed by atoms with Crippen LogP contribution in [0, 0.1) is 0 Å². The van der Waals surface area contributed by atoms with Crippen molar-refractivity contribution in [3.63, 3.8) is 0 Å². The van der Waals surface area contributed by atoms with E-state index >= 15 is 0 Å². The molecule has 0 aliphatic rings. The van der Waals surface area contributed by atoms with Gasteiger partial charge in [0.1, 0.15) is 11.9 Å². The van der Waals surface area contributed by atoms with Crippen molar-refractivity contribution in [2.24, 2.45) is 0 Å². The molecule has 0 amide bonds. The molecule has 0 aliphatic heterocycles. The highest BCUT2D eigenvalue weighted by atomic mass is 35.5. The summed E-state index contributed by atoms with van der Waals surface area (Å²) in [6.07, 6.45) is 0.568. The van der Waals surface area contributed by atoms with Gasteiger partial charge in [0.2, 0.25) is 0 Å². The number of aliphatic hydroxyl groups excluding tert-OH is 1. The zero-order valence-electron chi connectivity index (χ0n) is 11.7. The van der Waals surface area contributed by atoms with Crippen molar-refractivity contribution in [3.05, 3.63) is 40.7 Å². The molecule has 1 atom stereocenters. The van der Waals surface area contributed by atoms with Crippen LogP contribution in [0.1, 0.15) is 37.3 Å². The standard InChI is InChI=1S/C14H18ClN3O2/c1-8(2)18-13(10(15)7-17-18)14(19)9-5-4-6-11(20-3)12(9)16/h4-8,14,19H,16H2,1-3H3. The van der Waals surface area contributed by atoms with Crippen LogP contribution in [0.3, 0.4) is 0 Å². The lowest BCUT2D eigenvalue weighted by atomic mass is 10.0. The Kier molecular flexibility index (Phi) is 4.20. The minimum absolute atomic E-state index is 0.0824. The maximum atomic E-state index is 10.6. The van der Waals surface area contributed by atoms with E-state index in [1.807, 2.05) is 13.8 Å². The molecular weight excluding hydrogens is 278 g/mol. The van der Waals surface area contributed by atoms with Gasteiger partial charge in [-0.05, 0) is 19.9 Å². The quantitative estimate of drug-likeness (QED) is 0.851. The van der Waals surface area contributed by atoms with Gasteiger partial charge in [-0.2, -0.15) is 5.10 Å². The third kappa shape index (κ3) is 2.46. The predicted molar refractivity (Wildman–Crippen MR) is 79.1 cm³/mol. The number of nitrogens with two attached hydrogens (primary N) is 1. The van der Waals surface area contributed by atoms with Crippen LogP contribution in [0.15, 0.2) is 24.4 Å². The third-order valence-corrected chi connectivity index (χ3v) is 3.44. The SMILES string of the molecule is COc1cccc(C(O)c2c(Cl)cnn2C(C)C)c1N. The number of hydrogen-bond acceptors (Lipinski definition) is 4. The summed E-state index contributed by atoms with van der Waals surface area (Å²) in [7, 11) is 1.53. The van der Waals surface area contributed by atoms with E-state index in [1.165, 1.54) is 13.3 Å². The molecule has 0 bridgehead atoms. The summed E-state index contributed by atoms with van der Waals surface area (Å²) in [4.78, 5) is 0. The molecule has 3 N–H and O–H groups in total. The van der Waals surface area contributed by atoms with E-state index < -0.39 is 6.10 Å². The molecule has 6 heteroatoms. The summed E-state index contributed by atoms with van der Waals surface area (Å²) < 4.78 is 6.86. The number of nitrogens with zero attached hydrogens (tertiary/aromatic N) is 2. The maximum Gasteiger partial charge on any atom is 0.142 e. The largest absolute Gasteiger partial charge is 0.495 e. The second kappa shape index (κ2) is 5.73. The molecule has 0 radical (unpaired) electrons. The van der Waals surface area contributed by atoms with Gasteiger partial charge < -0.3 is 15.6 Å². The van der Waals surface area contributed by atoms with Crippen LogP contribution in [0.25, 0.3) is 0 Å². The Balaban J connectivity index is 2.52. The first-order chi connectivity index (χ1) is 9.47. The molecule has 5 nitrogen and oxygen atoms in total. The Bertz CT molecular complexity index is 610. The summed E-state index contributed by atoms with van der Waals surface area (Å²) in [6, 6.07) is 5.35. The highest BCUT2D eigenvalue weighted by Gasteiger charge is 2.23. The average Bonchev–Trinajstić information content (AvgIpc) is 2.80. The predicted octanol–water partition coefficient (Wildman–Crippen LogP) is 2.79. The molecule has 2 aromatic rings. The molecule has 1 aromatic carbocycles. The van der Waals surface area contributed by atoms with Crippen molar-refractivity contribution in [1.29, 1.82) is 0 Å². The molecule has 2 rings (SSSR count). The number of benzene rings is 1. The number of ether oxygens (including phenoxy) is 1. The number of para-hydroxylation sites is 1. The molecule has 0 fully saturated rings. The van der Waals surface area contributed by atoms with Gasteiger partial charge in [0.05, 0.1) is 29.7 Å². The van der Waals surface area contributed by atoms with E-state index in [4.69, 9.17) is 22.1 Å². The fourth-order valence-electron chi connectivity index (χ4n) is 2.14. The Hall–Kier alpha value is -1.72. The Morgan fingerprint density at radius 2 is 2.10 bits per heavy atom. The minimum Gasteiger partial charge on any atom is -0.495 e. The Morgan fingerprint density at radius 1 is 1.40 bits per heavy atom. The zero-order valence-corrected chi connectivity index (χ0v) is 12.4. The monoisotopic (exact) mass is 295 g/mol. The smallest absolute Gasteiger partial charge is 0.142 e. The molecule has 0 saturated carbocycles. The highest BCUT2D eigenvalue weighted by Crippen LogP contribution is 2.36. The summed E-state index contributed by atoms with van der Waals surface area (Å²) in [6.45, 7) is 3.93. The van der Waals surface area contributed by atoms with Crippen molar-refractivity contribution in [1.82, 2.24) is 9.78 Å². The number of anilines is 1. The summed E-state index contributed by atoms with van der Waals surface area (Å²) in [5.41, 5.74) is 7.50. The van der Waals surface area contributed by atoms with Gasteiger partial charge in [0.25, 0.3) is 0 Å². The lowest BCUT2D eigenvalue weighted by Crippen LogP contribution is -2.14.